The lowest BCUT2D eigenvalue weighted by molar-refractivity contribution is 0.510. The zero-order chi connectivity index (χ0) is 4.99. The summed E-state index contributed by atoms with van der Waals surface area (Å²) in [6, 6.07) is 0. The van der Waals surface area contributed by atoms with Crippen molar-refractivity contribution in [3.05, 3.63) is 12.7 Å². The van der Waals surface area contributed by atoms with E-state index in [9.17, 15) is 4.39 Å². The van der Waals surface area contributed by atoms with Gasteiger partial charge in [-0.15, -0.1) is 6.58 Å². The van der Waals surface area contributed by atoms with Crippen LogP contribution >= 0.6 is 11.1 Å². The van der Waals surface area contributed by atoms with Gasteiger partial charge < -0.3 is 0 Å². The molecular formula is C3H6ClFSi. The van der Waals surface area contributed by atoms with Crippen LogP contribution in [0.3, 0.4) is 0 Å². The van der Waals surface area contributed by atoms with E-state index in [1.807, 2.05) is 0 Å². The molecule has 0 saturated heterocycles. The number of hydrogen-bond acceptors (Lipinski definition) is 0. The summed E-state index contributed by atoms with van der Waals surface area (Å²) in [5, 5.41) is 0. The second-order valence-corrected chi connectivity index (χ2v) is 2.92. The number of allylic oxidation sites excluding steroid dienone is 1. The van der Waals surface area contributed by atoms with Gasteiger partial charge in [0.15, 0.2) is 8.83 Å². The van der Waals surface area contributed by atoms with Crippen molar-refractivity contribution in [2.45, 2.75) is 5.79 Å². The summed E-state index contributed by atoms with van der Waals surface area (Å²) >= 11 is 5.14. The monoisotopic (exact) mass is 124 g/mol. The molecule has 0 nitrogen and oxygen atoms in total. The van der Waals surface area contributed by atoms with Gasteiger partial charge in [-0.2, -0.15) is 11.1 Å². The van der Waals surface area contributed by atoms with E-state index in [1.165, 1.54) is 6.08 Å². The van der Waals surface area contributed by atoms with Crippen LogP contribution in [0, 0.1) is 0 Å². The summed E-state index contributed by atoms with van der Waals surface area (Å²) in [5.41, 5.74) is 0. The third kappa shape index (κ3) is 2.42. The largest absolute Gasteiger partial charge is 0.246 e. The second kappa shape index (κ2) is 3.37. The smallest absolute Gasteiger partial charge is 0.168 e. The Morgan fingerprint density at radius 3 is 2.50 bits per heavy atom. The Balaban J connectivity index is 2.96. The summed E-state index contributed by atoms with van der Waals surface area (Å²) in [4.78, 5) is 0. The number of rotatable bonds is 2. The van der Waals surface area contributed by atoms with Crippen molar-refractivity contribution in [2.24, 2.45) is 0 Å². The molecule has 0 aromatic carbocycles. The molecule has 0 amide bonds. The Bertz CT molecular complexity index is 48.1. The molecule has 0 fully saturated rings. The van der Waals surface area contributed by atoms with Gasteiger partial charge in [0.05, 0.1) is 0 Å². The molecule has 3 heteroatoms. The molecule has 6 heavy (non-hydrogen) atoms. The lowest BCUT2D eigenvalue weighted by Gasteiger charge is -1.86. The van der Waals surface area contributed by atoms with Gasteiger partial charge in [-0.1, -0.05) is 6.08 Å². The van der Waals surface area contributed by atoms with Crippen LogP contribution in [0.1, 0.15) is 0 Å². The highest BCUT2D eigenvalue weighted by Gasteiger charge is 1.93. The van der Waals surface area contributed by atoms with E-state index in [-0.39, 0.29) is 0 Å². The van der Waals surface area contributed by atoms with Crippen molar-refractivity contribution in [1.82, 2.24) is 0 Å². The fourth-order valence-electron chi connectivity index (χ4n) is 0.0630. The van der Waals surface area contributed by atoms with E-state index in [2.05, 4.69) is 6.58 Å². The highest BCUT2D eigenvalue weighted by Crippen LogP contribution is 1.88. The fraction of sp³-hybridized carbons (Fsp3) is 0.333. The van der Waals surface area contributed by atoms with Gasteiger partial charge in [-0.05, 0) is 0 Å². The molecule has 0 aromatic rings. The Labute approximate surface area is 43.5 Å². The van der Waals surface area contributed by atoms with Crippen LogP contribution in [0.25, 0.3) is 0 Å². The molecule has 36 valence electrons. The van der Waals surface area contributed by atoms with Crippen LogP contribution in [-0.2, 0) is 0 Å². The van der Waals surface area contributed by atoms with E-state index >= 15 is 0 Å². The molecule has 0 aromatic heterocycles. The maximum absolute atomic E-state index is 11.7. The molecule has 0 aliphatic heterocycles. The van der Waals surface area contributed by atoms with Gasteiger partial charge in [0.1, 0.15) is 5.79 Å². The zero-order valence-electron chi connectivity index (χ0n) is 3.32. The summed E-state index contributed by atoms with van der Waals surface area (Å²) in [6.07, 6.45) is 1.24. The minimum Gasteiger partial charge on any atom is -0.246 e. The van der Waals surface area contributed by atoms with Gasteiger partial charge in [0.25, 0.3) is 0 Å². The third-order valence-corrected chi connectivity index (χ3v) is 1.92. The van der Waals surface area contributed by atoms with E-state index in [1.54, 1.807) is 0 Å². The topological polar surface area (TPSA) is 0 Å². The minimum absolute atomic E-state index is 0.897. The normalized spacial score (nSPS) is 15.7. The van der Waals surface area contributed by atoms with Gasteiger partial charge in [-0.25, -0.2) is 4.39 Å². The maximum atomic E-state index is 11.7. The molecule has 0 saturated carbocycles. The first-order valence-corrected chi connectivity index (χ1v) is 4.59. The number of alkyl halides is 1. The highest BCUT2D eigenvalue weighted by atomic mass is 35.6. The predicted octanol–water partition coefficient (Wildman–Crippen LogP) is 0.791. The zero-order valence-corrected chi connectivity index (χ0v) is 5.49. The first-order valence-electron chi connectivity index (χ1n) is 1.64. The summed E-state index contributed by atoms with van der Waals surface area (Å²) < 4.78 is 11.7. The van der Waals surface area contributed by atoms with Crippen LogP contribution in [0.4, 0.5) is 4.39 Å². The Morgan fingerprint density at radius 2 is 2.50 bits per heavy atom. The molecule has 0 aliphatic rings. The van der Waals surface area contributed by atoms with Gasteiger partial charge in [-0.3, -0.25) is 0 Å². The maximum Gasteiger partial charge on any atom is 0.168 e. The van der Waals surface area contributed by atoms with Crippen LogP contribution in [0.15, 0.2) is 12.7 Å². The van der Waals surface area contributed by atoms with Crippen LogP contribution in [0.2, 0.25) is 0 Å². The molecule has 0 heterocycles. The summed E-state index contributed by atoms with van der Waals surface area (Å²) in [5.74, 6) is -0.897. The molecule has 0 aliphatic carbocycles. The summed E-state index contributed by atoms with van der Waals surface area (Å²) in [6.45, 7) is 3.21. The number of halogens is 2. The fourth-order valence-corrected chi connectivity index (χ4v) is 0.567. The first-order chi connectivity index (χ1) is 2.81. The van der Waals surface area contributed by atoms with Crippen LogP contribution in [-0.4, -0.2) is 14.6 Å². The Hall–Kier alpha value is 0.177. The van der Waals surface area contributed by atoms with E-state index < -0.39 is 14.6 Å². The SMILES string of the molecule is C=CC(F)[SiH2]Cl. The lowest BCUT2D eigenvalue weighted by Crippen LogP contribution is -1.97. The van der Waals surface area contributed by atoms with Gasteiger partial charge >= 0.3 is 0 Å². The molecule has 1 atom stereocenters. The third-order valence-electron chi connectivity index (χ3n) is 0.403. The average molecular weight is 125 g/mol. The van der Waals surface area contributed by atoms with Crippen molar-refractivity contribution < 1.29 is 4.39 Å². The van der Waals surface area contributed by atoms with Gasteiger partial charge in [0, 0.05) is 0 Å². The van der Waals surface area contributed by atoms with E-state index in [0.29, 0.717) is 0 Å². The molecular weight excluding hydrogens is 119 g/mol. The molecule has 0 spiro atoms. The molecule has 0 rings (SSSR count). The van der Waals surface area contributed by atoms with Crippen molar-refractivity contribution >= 4 is 19.9 Å². The quantitative estimate of drug-likeness (QED) is 0.290. The van der Waals surface area contributed by atoms with Crippen LogP contribution in [0.5, 0.6) is 0 Å². The molecule has 0 radical (unpaired) electrons. The predicted molar refractivity (Wildman–Crippen MR) is 29.5 cm³/mol. The standard InChI is InChI=1S/C3H6ClFSi/c1-2-3(5)6-4/h2-3H,1,6H2. The minimum atomic E-state index is -0.974. The second-order valence-electron chi connectivity index (χ2n) is 0.906. The number of hydrogen-bond donors (Lipinski definition) is 0. The van der Waals surface area contributed by atoms with Crippen molar-refractivity contribution in [1.29, 1.82) is 0 Å². The van der Waals surface area contributed by atoms with Crippen molar-refractivity contribution in [3.8, 4) is 0 Å². The Morgan fingerprint density at radius 1 is 2.00 bits per heavy atom. The van der Waals surface area contributed by atoms with E-state index in [4.69, 9.17) is 11.1 Å². The summed E-state index contributed by atoms with van der Waals surface area (Å²) in [7, 11) is -0.974. The highest BCUT2D eigenvalue weighted by molar-refractivity contribution is 6.94. The van der Waals surface area contributed by atoms with Crippen LogP contribution < -0.4 is 0 Å². The van der Waals surface area contributed by atoms with Gasteiger partial charge in [0.2, 0.25) is 0 Å². The average Bonchev–Trinajstić information content (AvgIpc) is 1.65. The van der Waals surface area contributed by atoms with E-state index in [0.717, 1.165) is 0 Å². The van der Waals surface area contributed by atoms with Crippen molar-refractivity contribution in [3.63, 3.8) is 0 Å². The molecule has 0 N–H and O–H groups in total. The van der Waals surface area contributed by atoms with Crippen molar-refractivity contribution in [2.75, 3.05) is 0 Å². The first kappa shape index (κ1) is 6.18. The lowest BCUT2D eigenvalue weighted by atomic mass is 10.7. The molecule has 1 unspecified atom stereocenters. The Kier molecular flexibility index (Phi) is 3.47. The molecule has 0 bridgehead atoms.